The summed E-state index contributed by atoms with van der Waals surface area (Å²) in [5.41, 5.74) is 10.4. The Balaban J connectivity index is 1.34. The van der Waals surface area contributed by atoms with Gasteiger partial charge in [0, 0.05) is 29.9 Å². The van der Waals surface area contributed by atoms with Gasteiger partial charge in [0.1, 0.15) is 11.6 Å². The molecule has 194 valence electrons. The lowest BCUT2D eigenvalue weighted by atomic mass is 9.97. The van der Waals surface area contributed by atoms with Crippen molar-refractivity contribution in [2.45, 2.75) is 31.7 Å². The molecule has 5 aromatic rings. The van der Waals surface area contributed by atoms with E-state index < -0.39 is 11.4 Å². The summed E-state index contributed by atoms with van der Waals surface area (Å²) >= 11 is 0. The number of fused-ring (bicyclic) bond motifs is 1. The van der Waals surface area contributed by atoms with Gasteiger partial charge in [0.25, 0.3) is 11.8 Å². The molecule has 1 fully saturated rings. The fourth-order valence-corrected chi connectivity index (χ4v) is 4.94. The standard InChI is InChI=1S/C31H25FN4O3/c1-18-5-8-20(29(38)36-31(11-12-31)26-4-2-3-13-34-26)15-23(18)21-16-24-27(28(33)37)25(39-30(24)35-17-21)14-19-6-9-22(32)10-7-19/h2-10,13,15-17H,11-12,14H2,1H3,(H2,33,37)(H,36,38). The van der Waals surface area contributed by atoms with Crippen molar-refractivity contribution in [3.05, 3.63) is 119 Å². The molecule has 39 heavy (non-hydrogen) atoms. The Bertz CT molecular complexity index is 1720. The maximum absolute atomic E-state index is 13.3. The largest absolute Gasteiger partial charge is 0.442 e. The number of aromatic nitrogens is 2. The number of amides is 2. The van der Waals surface area contributed by atoms with E-state index >= 15 is 0 Å². The van der Waals surface area contributed by atoms with E-state index in [2.05, 4.69) is 15.3 Å². The molecule has 3 aromatic heterocycles. The number of benzene rings is 2. The van der Waals surface area contributed by atoms with Crippen LogP contribution in [0.2, 0.25) is 0 Å². The molecule has 0 unspecified atom stereocenters. The van der Waals surface area contributed by atoms with E-state index in [4.69, 9.17) is 10.2 Å². The predicted octanol–water partition coefficient (Wildman–Crippen LogP) is 5.45. The van der Waals surface area contributed by atoms with Gasteiger partial charge in [-0.05, 0) is 78.9 Å². The number of carbonyl (C=O) groups excluding carboxylic acids is 2. The minimum atomic E-state index is -0.640. The molecule has 8 heteroatoms. The van der Waals surface area contributed by atoms with Gasteiger partial charge in [-0.25, -0.2) is 9.37 Å². The number of nitrogens with zero attached hydrogens (tertiary/aromatic N) is 2. The second-order valence-electron chi connectivity index (χ2n) is 9.93. The van der Waals surface area contributed by atoms with Crippen LogP contribution < -0.4 is 11.1 Å². The average Bonchev–Trinajstić information content (AvgIpc) is 3.62. The van der Waals surface area contributed by atoms with Gasteiger partial charge in [-0.15, -0.1) is 0 Å². The molecular formula is C31H25FN4O3. The van der Waals surface area contributed by atoms with Gasteiger partial charge < -0.3 is 15.5 Å². The number of halogens is 1. The van der Waals surface area contributed by atoms with Crippen LogP contribution in [0.5, 0.6) is 0 Å². The zero-order valence-electron chi connectivity index (χ0n) is 21.2. The van der Waals surface area contributed by atoms with Crippen molar-refractivity contribution in [1.82, 2.24) is 15.3 Å². The summed E-state index contributed by atoms with van der Waals surface area (Å²) < 4.78 is 19.2. The Hall–Kier alpha value is -4.85. The molecule has 0 bridgehead atoms. The van der Waals surface area contributed by atoms with E-state index in [0.717, 1.165) is 40.8 Å². The summed E-state index contributed by atoms with van der Waals surface area (Å²) in [4.78, 5) is 34.6. The van der Waals surface area contributed by atoms with Gasteiger partial charge >= 0.3 is 0 Å². The molecule has 3 N–H and O–H groups in total. The molecule has 3 heterocycles. The fourth-order valence-electron chi connectivity index (χ4n) is 4.94. The van der Waals surface area contributed by atoms with Crippen molar-refractivity contribution in [3.63, 3.8) is 0 Å². The van der Waals surface area contributed by atoms with Crippen molar-refractivity contribution in [2.24, 2.45) is 5.73 Å². The van der Waals surface area contributed by atoms with Crippen molar-refractivity contribution < 1.29 is 18.4 Å². The topological polar surface area (TPSA) is 111 Å². The van der Waals surface area contributed by atoms with Crippen LogP contribution in [0.25, 0.3) is 22.2 Å². The van der Waals surface area contributed by atoms with Gasteiger partial charge in [0.2, 0.25) is 5.71 Å². The number of pyridine rings is 2. The Labute approximate surface area is 223 Å². The number of nitrogens with two attached hydrogens (primary N) is 1. The summed E-state index contributed by atoms with van der Waals surface area (Å²) in [7, 11) is 0. The average molecular weight is 521 g/mol. The number of hydrogen-bond acceptors (Lipinski definition) is 5. The normalized spacial score (nSPS) is 13.8. The maximum Gasteiger partial charge on any atom is 0.252 e. The Morgan fingerprint density at radius 2 is 1.85 bits per heavy atom. The zero-order chi connectivity index (χ0) is 27.1. The van der Waals surface area contributed by atoms with E-state index in [1.165, 1.54) is 12.1 Å². The molecule has 7 nitrogen and oxygen atoms in total. The maximum atomic E-state index is 13.3. The van der Waals surface area contributed by atoms with Crippen molar-refractivity contribution in [1.29, 1.82) is 0 Å². The van der Waals surface area contributed by atoms with Crippen molar-refractivity contribution in [3.8, 4) is 11.1 Å². The summed E-state index contributed by atoms with van der Waals surface area (Å²) in [6.45, 7) is 1.95. The van der Waals surface area contributed by atoms with E-state index in [-0.39, 0.29) is 29.4 Å². The molecule has 1 aliphatic rings. The molecule has 2 amide bonds. The minimum absolute atomic E-state index is 0.184. The highest BCUT2D eigenvalue weighted by atomic mass is 19.1. The van der Waals surface area contributed by atoms with Crippen LogP contribution in [0.4, 0.5) is 4.39 Å². The van der Waals surface area contributed by atoms with Gasteiger partial charge in [-0.1, -0.05) is 24.3 Å². The van der Waals surface area contributed by atoms with Crippen molar-refractivity contribution in [2.75, 3.05) is 0 Å². The van der Waals surface area contributed by atoms with Gasteiger partial charge in [-0.3, -0.25) is 14.6 Å². The molecule has 0 saturated heterocycles. The molecule has 1 saturated carbocycles. The molecule has 1 aliphatic carbocycles. The highest BCUT2D eigenvalue weighted by Gasteiger charge is 2.47. The number of furan rings is 1. The molecular weight excluding hydrogens is 495 g/mol. The van der Waals surface area contributed by atoms with Gasteiger partial charge in [0.15, 0.2) is 0 Å². The Morgan fingerprint density at radius 3 is 2.54 bits per heavy atom. The molecule has 0 atom stereocenters. The summed E-state index contributed by atoms with van der Waals surface area (Å²) in [5, 5.41) is 3.65. The predicted molar refractivity (Wildman–Crippen MR) is 145 cm³/mol. The summed E-state index contributed by atoms with van der Waals surface area (Å²) in [6.07, 6.45) is 5.32. The minimum Gasteiger partial charge on any atom is -0.442 e. The van der Waals surface area contributed by atoms with E-state index in [1.807, 2.05) is 37.3 Å². The lowest BCUT2D eigenvalue weighted by Crippen LogP contribution is -2.35. The highest BCUT2D eigenvalue weighted by Crippen LogP contribution is 2.44. The van der Waals surface area contributed by atoms with Crippen molar-refractivity contribution >= 4 is 22.9 Å². The fraction of sp³-hybridized carbons (Fsp3) is 0.161. The first-order valence-electron chi connectivity index (χ1n) is 12.6. The number of carbonyl (C=O) groups is 2. The van der Waals surface area contributed by atoms with Crippen LogP contribution in [-0.2, 0) is 12.0 Å². The van der Waals surface area contributed by atoms with E-state index in [1.54, 1.807) is 36.7 Å². The van der Waals surface area contributed by atoms with Gasteiger partial charge in [-0.2, -0.15) is 0 Å². The second kappa shape index (κ2) is 9.47. The quantitative estimate of drug-likeness (QED) is 0.297. The third-order valence-corrected chi connectivity index (χ3v) is 7.21. The smallest absolute Gasteiger partial charge is 0.252 e. The third kappa shape index (κ3) is 4.65. The lowest BCUT2D eigenvalue weighted by Gasteiger charge is -2.17. The van der Waals surface area contributed by atoms with E-state index in [0.29, 0.717) is 16.7 Å². The lowest BCUT2D eigenvalue weighted by molar-refractivity contribution is 0.0928. The van der Waals surface area contributed by atoms with Crippen LogP contribution in [0.3, 0.4) is 0 Å². The third-order valence-electron chi connectivity index (χ3n) is 7.21. The van der Waals surface area contributed by atoms with Crippen LogP contribution in [0.15, 0.2) is 83.5 Å². The van der Waals surface area contributed by atoms with Crippen LogP contribution in [-0.4, -0.2) is 21.8 Å². The monoisotopic (exact) mass is 520 g/mol. The first kappa shape index (κ1) is 24.5. The molecule has 6 rings (SSSR count). The second-order valence-corrected chi connectivity index (χ2v) is 9.93. The number of rotatable bonds is 7. The number of primary amides is 1. The van der Waals surface area contributed by atoms with E-state index in [9.17, 15) is 14.0 Å². The first-order chi connectivity index (χ1) is 18.8. The van der Waals surface area contributed by atoms with Crippen LogP contribution >= 0.6 is 0 Å². The molecule has 0 radical (unpaired) electrons. The SMILES string of the molecule is Cc1ccc(C(=O)NC2(c3ccccn3)CC2)cc1-c1cnc2oc(Cc3ccc(F)cc3)c(C(N)=O)c2c1. The number of aryl methyl sites for hydroxylation is 1. The summed E-state index contributed by atoms with van der Waals surface area (Å²) in [6, 6.07) is 19.0. The van der Waals surface area contributed by atoms with Crippen LogP contribution in [0, 0.1) is 12.7 Å². The Kier molecular flexibility index (Phi) is 5.95. The number of hydrogen-bond donors (Lipinski definition) is 2. The molecule has 2 aromatic carbocycles. The highest BCUT2D eigenvalue weighted by molar-refractivity contribution is 6.06. The first-order valence-corrected chi connectivity index (χ1v) is 12.6. The molecule has 0 aliphatic heterocycles. The number of nitrogens with one attached hydrogen (secondary N) is 1. The molecule has 0 spiro atoms. The Morgan fingerprint density at radius 1 is 1.05 bits per heavy atom. The van der Waals surface area contributed by atoms with Gasteiger partial charge in [0.05, 0.1) is 22.2 Å². The van der Waals surface area contributed by atoms with Crippen LogP contribution in [0.1, 0.15) is 56.1 Å². The zero-order valence-corrected chi connectivity index (χ0v) is 21.2. The summed E-state index contributed by atoms with van der Waals surface area (Å²) in [5.74, 6) is -0.807.